The van der Waals surface area contributed by atoms with Crippen molar-refractivity contribution in [3.8, 4) is 11.5 Å². The minimum Gasteiger partial charge on any atom is -0.507 e. The first kappa shape index (κ1) is 32.3. The summed E-state index contributed by atoms with van der Waals surface area (Å²) in [5.74, 6) is 3.29. The summed E-state index contributed by atoms with van der Waals surface area (Å²) in [6.45, 7) is 19.5. The number of hydrogen-bond acceptors (Lipinski definition) is 3. The largest absolute Gasteiger partial charge is 0.507 e. The molecule has 4 nitrogen and oxygen atoms in total. The molecule has 1 aromatic rings. The minimum atomic E-state index is -0.745. The first-order valence-corrected chi connectivity index (χ1v) is 14.5. The van der Waals surface area contributed by atoms with Crippen LogP contribution in [0.15, 0.2) is 0 Å². The SMILES string of the molecule is CCC(=O)O.Cc1c(C)c2c(c(C)c1O)CC[C@@](C)(CCC[C@H](C)CCC[C@H](C)CCCC(C)C)O2. The molecule has 3 atom stereocenters. The Labute approximate surface area is 222 Å². The van der Waals surface area contributed by atoms with E-state index in [1.54, 1.807) is 6.92 Å². The van der Waals surface area contributed by atoms with Gasteiger partial charge in [-0.25, -0.2) is 0 Å². The van der Waals surface area contributed by atoms with Gasteiger partial charge in [0.15, 0.2) is 0 Å². The second kappa shape index (κ2) is 15.5. The Kier molecular flexibility index (Phi) is 13.9. The molecule has 0 fully saturated rings. The summed E-state index contributed by atoms with van der Waals surface area (Å²) in [7, 11) is 0. The Balaban J connectivity index is 0.00000118. The molecule has 0 amide bonds. The van der Waals surface area contributed by atoms with Crippen LogP contribution in [0.4, 0.5) is 0 Å². The fourth-order valence-corrected chi connectivity index (χ4v) is 5.27. The van der Waals surface area contributed by atoms with Crippen LogP contribution in [-0.2, 0) is 11.2 Å². The van der Waals surface area contributed by atoms with E-state index < -0.39 is 5.97 Å². The molecule has 0 radical (unpaired) electrons. The summed E-state index contributed by atoms with van der Waals surface area (Å²) < 4.78 is 6.60. The van der Waals surface area contributed by atoms with E-state index in [1.807, 2.05) is 13.8 Å². The van der Waals surface area contributed by atoms with Gasteiger partial charge in [0.2, 0.25) is 0 Å². The predicted octanol–water partition coefficient (Wildman–Crippen LogP) is 9.32. The molecule has 0 unspecified atom stereocenters. The Bertz CT molecular complexity index is 813. The standard InChI is InChI=1S/C29H50O2.C3H6O2/c1-20(2)12-9-13-21(3)14-10-15-22(4)16-11-18-29(8)19-17-26-25(7)27(30)23(5)24(6)28(26)31-29;1-2-3(4)5/h20-22,30H,9-19H2,1-8H3;2H2,1H3,(H,4,5)/t21-,22-,29-;/m1./s1. The molecule has 2 N–H and O–H groups in total. The van der Waals surface area contributed by atoms with E-state index in [0.29, 0.717) is 5.75 Å². The monoisotopic (exact) mass is 504 g/mol. The Morgan fingerprint density at radius 3 is 1.89 bits per heavy atom. The molecule has 4 heteroatoms. The van der Waals surface area contributed by atoms with Crippen LogP contribution in [0.1, 0.15) is 134 Å². The lowest BCUT2D eigenvalue weighted by atomic mass is 9.84. The van der Waals surface area contributed by atoms with Crippen molar-refractivity contribution in [2.24, 2.45) is 17.8 Å². The maximum Gasteiger partial charge on any atom is 0.303 e. The molecule has 0 aliphatic carbocycles. The second-order valence-electron chi connectivity index (χ2n) is 12.2. The van der Waals surface area contributed by atoms with E-state index in [2.05, 4.69) is 41.5 Å². The average Bonchev–Trinajstić information content (AvgIpc) is 2.81. The number of carboxylic acid groups (broad SMARTS) is 1. The van der Waals surface area contributed by atoms with Crippen molar-refractivity contribution < 1.29 is 19.7 Å². The highest BCUT2D eigenvalue weighted by atomic mass is 16.5. The summed E-state index contributed by atoms with van der Waals surface area (Å²) >= 11 is 0. The molecule has 1 heterocycles. The van der Waals surface area contributed by atoms with Gasteiger partial charge in [0.05, 0.1) is 0 Å². The molecular weight excluding hydrogens is 448 g/mol. The molecule has 0 saturated carbocycles. The second-order valence-corrected chi connectivity index (χ2v) is 12.2. The molecule has 36 heavy (non-hydrogen) atoms. The molecule has 1 aliphatic heterocycles. The number of ether oxygens (including phenoxy) is 1. The van der Waals surface area contributed by atoms with E-state index >= 15 is 0 Å². The molecule has 1 aliphatic rings. The number of hydrogen-bond donors (Lipinski definition) is 2. The van der Waals surface area contributed by atoms with E-state index in [0.717, 1.165) is 59.5 Å². The van der Waals surface area contributed by atoms with Crippen LogP contribution in [0.2, 0.25) is 0 Å². The van der Waals surface area contributed by atoms with Crippen LogP contribution in [0.25, 0.3) is 0 Å². The van der Waals surface area contributed by atoms with Gasteiger partial charge in [0.25, 0.3) is 0 Å². The zero-order valence-corrected chi connectivity index (χ0v) is 24.9. The molecule has 2 rings (SSSR count). The van der Waals surface area contributed by atoms with Crippen LogP contribution in [0.5, 0.6) is 11.5 Å². The maximum atomic E-state index is 10.4. The maximum absolute atomic E-state index is 10.4. The van der Waals surface area contributed by atoms with Crippen LogP contribution >= 0.6 is 0 Å². The molecule has 208 valence electrons. The zero-order valence-electron chi connectivity index (χ0n) is 24.9. The van der Waals surface area contributed by atoms with Crippen molar-refractivity contribution in [3.63, 3.8) is 0 Å². The van der Waals surface area contributed by atoms with E-state index in [1.165, 1.54) is 56.9 Å². The number of phenols is 1. The normalized spacial score (nSPS) is 18.6. The third kappa shape index (κ3) is 10.7. The lowest BCUT2D eigenvalue weighted by Gasteiger charge is -2.38. The lowest BCUT2D eigenvalue weighted by Crippen LogP contribution is -2.37. The van der Waals surface area contributed by atoms with Crippen LogP contribution in [0, 0.1) is 38.5 Å². The Morgan fingerprint density at radius 2 is 1.39 bits per heavy atom. The van der Waals surface area contributed by atoms with Gasteiger partial charge in [-0.05, 0) is 87.8 Å². The fourth-order valence-electron chi connectivity index (χ4n) is 5.27. The fraction of sp³-hybridized carbons (Fsp3) is 0.781. The number of fused-ring (bicyclic) bond motifs is 1. The summed E-state index contributed by atoms with van der Waals surface area (Å²) in [5, 5.41) is 18.1. The topological polar surface area (TPSA) is 66.8 Å². The van der Waals surface area contributed by atoms with Gasteiger partial charge < -0.3 is 14.9 Å². The van der Waals surface area contributed by atoms with Crippen molar-refractivity contribution in [2.75, 3.05) is 0 Å². The predicted molar refractivity (Wildman–Crippen MR) is 152 cm³/mol. The molecule has 0 saturated heterocycles. The lowest BCUT2D eigenvalue weighted by molar-refractivity contribution is -0.136. The van der Waals surface area contributed by atoms with Crippen molar-refractivity contribution in [1.29, 1.82) is 0 Å². The highest BCUT2D eigenvalue weighted by Gasteiger charge is 2.34. The van der Waals surface area contributed by atoms with Crippen molar-refractivity contribution in [2.45, 2.75) is 145 Å². The number of aliphatic carboxylic acids is 1. The third-order valence-electron chi connectivity index (χ3n) is 8.17. The van der Waals surface area contributed by atoms with E-state index in [-0.39, 0.29) is 12.0 Å². The van der Waals surface area contributed by atoms with Gasteiger partial charge in [0, 0.05) is 12.0 Å². The van der Waals surface area contributed by atoms with Crippen LogP contribution in [0.3, 0.4) is 0 Å². The number of benzene rings is 1. The molecular formula is C32H56O4. The van der Waals surface area contributed by atoms with Crippen LogP contribution < -0.4 is 4.74 Å². The summed E-state index contributed by atoms with van der Waals surface area (Å²) in [6, 6.07) is 0. The van der Waals surface area contributed by atoms with Gasteiger partial charge in [-0.15, -0.1) is 0 Å². The van der Waals surface area contributed by atoms with Gasteiger partial charge in [-0.2, -0.15) is 0 Å². The highest BCUT2D eigenvalue weighted by Crippen LogP contribution is 2.44. The van der Waals surface area contributed by atoms with Crippen molar-refractivity contribution >= 4 is 5.97 Å². The van der Waals surface area contributed by atoms with Crippen molar-refractivity contribution in [3.05, 3.63) is 22.3 Å². The molecule has 0 bridgehead atoms. The summed E-state index contributed by atoms with van der Waals surface area (Å²) in [6.07, 6.45) is 14.3. The van der Waals surface area contributed by atoms with Gasteiger partial charge >= 0.3 is 5.97 Å². The number of carboxylic acids is 1. The van der Waals surface area contributed by atoms with Gasteiger partial charge in [-0.1, -0.05) is 79.6 Å². The number of carbonyl (C=O) groups is 1. The van der Waals surface area contributed by atoms with Gasteiger partial charge in [0.1, 0.15) is 17.1 Å². The Morgan fingerprint density at radius 1 is 0.889 bits per heavy atom. The number of phenolic OH excluding ortho intramolecular Hbond substituents is 1. The molecule has 0 spiro atoms. The average molecular weight is 505 g/mol. The van der Waals surface area contributed by atoms with Crippen LogP contribution in [-0.4, -0.2) is 21.8 Å². The number of rotatable bonds is 13. The smallest absolute Gasteiger partial charge is 0.303 e. The number of aromatic hydroxyl groups is 1. The summed E-state index contributed by atoms with van der Waals surface area (Å²) in [4.78, 5) is 9.37. The zero-order chi connectivity index (χ0) is 27.5. The summed E-state index contributed by atoms with van der Waals surface area (Å²) in [5.41, 5.74) is 4.23. The Hall–Kier alpha value is -1.71. The van der Waals surface area contributed by atoms with Gasteiger partial charge in [-0.3, -0.25) is 4.79 Å². The first-order chi connectivity index (χ1) is 16.8. The molecule has 0 aromatic heterocycles. The first-order valence-electron chi connectivity index (χ1n) is 14.5. The molecule has 1 aromatic carbocycles. The highest BCUT2D eigenvalue weighted by molar-refractivity contribution is 5.66. The quantitative estimate of drug-likeness (QED) is 0.281. The van der Waals surface area contributed by atoms with E-state index in [4.69, 9.17) is 9.84 Å². The minimum absolute atomic E-state index is 0.0712. The van der Waals surface area contributed by atoms with Crippen molar-refractivity contribution in [1.82, 2.24) is 0 Å². The van der Waals surface area contributed by atoms with E-state index in [9.17, 15) is 9.90 Å². The third-order valence-corrected chi connectivity index (χ3v) is 8.17.